The number of benzene rings is 1. The zero-order valence-corrected chi connectivity index (χ0v) is 12.1. The summed E-state index contributed by atoms with van der Waals surface area (Å²) in [5, 5.41) is 4.42. The van der Waals surface area contributed by atoms with E-state index in [1.807, 2.05) is 29.9 Å². The van der Waals surface area contributed by atoms with E-state index in [1.54, 1.807) is 0 Å². The van der Waals surface area contributed by atoms with E-state index >= 15 is 0 Å². The van der Waals surface area contributed by atoms with Gasteiger partial charge in [0.25, 0.3) is 0 Å². The molecule has 0 atom stereocenters. The van der Waals surface area contributed by atoms with Gasteiger partial charge in [0, 0.05) is 19.2 Å². The number of Topliss-reactive ketones (excluding diaryl/α,β-unsaturated/α-hetero) is 1. The zero-order chi connectivity index (χ0) is 14.2. The monoisotopic (exact) mass is 268 g/mol. The molecule has 1 fully saturated rings. The highest BCUT2D eigenvalue weighted by Gasteiger charge is 2.50. The molecule has 0 bridgehead atoms. The van der Waals surface area contributed by atoms with Crippen LogP contribution in [-0.4, -0.2) is 15.6 Å². The van der Waals surface area contributed by atoms with Crippen molar-refractivity contribution in [1.82, 2.24) is 9.78 Å². The van der Waals surface area contributed by atoms with Gasteiger partial charge < -0.3 is 0 Å². The van der Waals surface area contributed by atoms with Gasteiger partial charge in [0.15, 0.2) is 0 Å². The first-order valence-corrected chi connectivity index (χ1v) is 7.26. The Bertz CT molecular complexity index is 624. The number of hydrogen-bond donors (Lipinski definition) is 0. The van der Waals surface area contributed by atoms with Gasteiger partial charge in [-0.05, 0) is 30.9 Å². The summed E-state index contributed by atoms with van der Waals surface area (Å²) in [5.74, 6) is 0.328. The lowest BCUT2D eigenvalue weighted by Crippen LogP contribution is -2.23. The van der Waals surface area contributed by atoms with Crippen LogP contribution in [-0.2, 0) is 30.1 Å². The van der Waals surface area contributed by atoms with Crippen molar-refractivity contribution in [3.8, 4) is 0 Å². The molecule has 1 aliphatic carbocycles. The van der Waals surface area contributed by atoms with Crippen LogP contribution in [0.5, 0.6) is 0 Å². The minimum atomic E-state index is -0.224. The summed E-state index contributed by atoms with van der Waals surface area (Å²) in [6, 6.07) is 12.2. The van der Waals surface area contributed by atoms with Gasteiger partial charge in [-0.15, -0.1) is 0 Å². The van der Waals surface area contributed by atoms with E-state index in [-0.39, 0.29) is 5.41 Å². The van der Waals surface area contributed by atoms with Crippen molar-refractivity contribution in [2.24, 2.45) is 7.05 Å². The lowest BCUT2D eigenvalue weighted by molar-refractivity contribution is -0.120. The fraction of sp³-hybridized carbons (Fsp3) is 0.412. The van der Waals surface area contributed by atoms with Crippen LogP contribution >= 0.6 is 0 Å². The average Bonchev–Trinajstić information content (AvgIpc) is 3.21. The second-order valence-corrected chi connectivity index (χ2v) is 5.65. The second kappa shape index (κ2) is 4.89. The van der Waals surface area contributed by atoms with Gasteiger partial charge in [0.2, 0.25) is 0 Å². The zero-order valence-electron chi connectivity index (χ0n) is 12.1. The summed E-state index contributed by atoms with van der Waals surface area (Å²) in [4.78, 5) is 12.7. The van der Waals surface area contributed by atoms with Gasteiger partial charge in [0.05, 0.1) is 11.1 Å². The number of hydrogen-bond acceptors (Lipinski definition) is 2. The molecule has 3 rings (SSSR count). The predicted octanol–water partition coefficient (Wildman–Crippen LogP) is 2.83. The Balaban J connectivity index is 1.81. The molecule has 1 aromatic carbocycles. The fourth-order valence-electron chi connectivity index (χ4n) is 2.85. The van der Waals surface area contributed by atoms with Crippen LogP contribution in [0.1, 0.15) is 36.7 Å². The van der Waals surface area contributed by atoms with Crippen LogP contribution in [0.25, 0.3) is 0 Å². The molecule has 20 heavy (non-hydrogen) atoms. The highest BCUT2D eigenvalue weighted by Crippen LogP contribution is 2.49. The van der Waals surface area contributed by atoms with Crippen LogP contribution < -0.4 is 0 Å². The van der Waals surface area contributed by atoms with Crippen LogP contribution in [0.2, 0.25) is 0 Å². The molecule has 0 spiro atoms. The molecule has 3 heteroatoms. The molecule has 0 aliphatic heterocycles. The third-order valence-corrected chi connectivity index (χ3v) is 4.34. The SMILES string of the molecule is CCc1cc(CC(=O)C2(c3ccccc3)CC2)n(C)n1. The molecule has 104 valence electrons. The van der Waals surface area contributed by atoms with Crippen molar-refractivity contribution in [3.63, 3.8) is 0 Å². The molecule has 2 aromatic rings. The Hall–Kier alpha value is -1.90. The topological polar surface area (TPSA) is 34.9 Å². The van der Waals surface area contributed by atoms with Gasteiger partial charge in [-0.1, -0.05) is 37.3 Å². The third kappa shape index (κ3) is 2.17. The molecule has 1 saturated carbocycles. The lowest BCUT2D eigenvalue weighted by Gasteiger charge is -2.14. The van der Waals surface area contributed by atoms with E-state index in [1.165, 1.54) is 5.56 Å². The minimum absolute atomic E-state index is 0.224. The molecule has 0 N–H and O–H groups in total. The van der Waals surface area contributed by atoms with Crippen molar-refractivity contribution < 1.29 is 4.79 Å². The molecule has 0 unspecified atom stereocenters. The van der Waals surface area contributed by atoms with E-state index in [4.69, 9.17) is 0 Å². The number of aryl methyl sites for hydroxylation is 2. The minimum Gasteiger partial charge on any atom is -0.298 e. The van der Waals surface area contributed by atoms with Gasteiger partial charge in [-0.2, -0.15) is 5.10 Å². The van der Waals surface area contributed by atoms with Crippen LogP contribution in [0.3, 0.4) is 0 Å². The molecule has 0 radical (unpaired) electrons. The first-order valence-electron chi connectivity index (χ1n) is 7.26. The summed E-state index contributed by atoms with van der Waals surface area (Å²) >= 11 is 0. The van der Waals surface area contributed by atoms with Crippen LogP contribution in [0.4, 0.5) is 0 Å². The normalized spacial score (nSPS) is 16.1. The molecule has 1 aromatic heterocycles. The number of rotatable bonds is 5. The first-order chi connectivity index (χ1) is 9.65. The highest BCUT2D eigenvalue weighted by molar-refractivity contribution is 5.94. The maximum absolute atomic E-state index is 12.7. The Morgan fingerprint density at radius 3 is 2.55 bits per heavy atom. The molecular formula is C17H20N2O. The number of ketones is 1. The Kier molecular flexibility index (Phi) is 3.20. The molecule has 0 amide bonds. The summed E-state index contributed by atoms with van der Waals surface area (Å²) in [6.07, 6.45) is 3.35. The standard InChI is InChI=1S/C17H20N2O/c1-3-14-11-15(19(2)18-14)12-16(20)17(9-10-17)13-7-5-4-6-8-13/h4-8,11H,3,9-10,12H2,1-2H3. The van der Waals surface area contributed by atoms with Gasteiger partial charge in [-0.3, -0.25) is 9.48 Å². The number of carbonyl (C=O) groups excluding carboxylic acids is 1. The summed E-state index contributed by atoms with van der Waals surface area (Å²) < 4.78 is 1.85. The lowest BCUT2D eigenvalue weighted by atomic mass is 9.89. The molecular weight excluding hydrogens is 248 g/mol. The quantitative estimate of drug-likeness (QED) is 0.835. The highest BCUT2D eigenvalue weighted by atomic mass is 16.1. The van der Waals surface area contributed by atoms with Crippen molar-refractivity contribution in [2.75, 3.05) is 0 Å². The van der Waals surface area contributed by atoms with Crippen molar-refractivity contribution in [1.29, 1.82) is 0 Å². The average molecular weight is 268 g/mol. The fourth-order valence-corrected chi connectivity index (χ4v) is 2.85. The van der Waals surface area contributed by atoms with Crippen molar-refractivity contribution >= 4 is 5.78 Å². The van der Waals surface area contributed by atoms with Crippen molar-refractivity contribution in [3.05, 3.63) is 53.3 Å². The third-order valence-electron chi connectivity index (χ3n) is 4.34. The van der Waals surface area contributed by atoms with E-state index in [0.717, 1.165) is 30.7 Å². The van der Waals surface area contributed by atoms with E-state index < -0.39 is 0 Å². The Morgan fingerprint density at radius 1 is 1.30 bits per heavy atom. The second-order valence-electron chi connectivity index (χ2n) is 5.65. The van der Waals surface area contributed by atoms with Gasteiger partial charge >= 0.3 is 0 Å². The first kappa shape index (κ1) is 13.1. The molecule has 1 aliphatic rings. The Labute approximate surface area is 119 Å². The van der Waals surface area contributed by atoms with Crippen LogP contribution in [0.15, 0.2) is 36.4 Å². The van der Waals surface area contributed by atoms with Gasteiger partial charge in [-0.25, -0.2) is 0 Å². The smallest absolute Gasteiger partial charge is 0.149 e. The molecule has 3 nitrogen and oxygen atoms in total. The van der Waals surface area contributed by atoms with Crippen LogP contribution in [0, 0.1) is 0 Å². The number of aromatic nitrogens is 2. The summed E-state index contributed by atoms with van der Waals surface area (Å²) in [6.45, 7) is 2.08. The largest absolute Gasteiger partial charge is 0.298 e. The number of nitrogens with zero attached hydrogens (tertiary/aromatic N) is 2. The van der Waals surface area contributed by atoms with E-state index in [0.29, 0.717) is 12.2 Å². The maximum atomic E-state index is 12.7. The van der Waals surface area contributed by atoms with E-state index in [2.05, 4.69) is 30.2 Å². The maximum Gasteiger partial charge on any atom is 0.149 e. The predicted molar refractivity (Wildman–Crippen MR) is 78.7 cm³/mol. The van der Waals surface area contributed by atoms with E-state index in [9.17, 15) is 4.79 Å². The molecule has 1 heterocycles. The number of carbonyl (C=O) groups is 1. The molecule has 0 saturated heterocycles. The summed E-state index contributed by atoms with van der Waals surface area (Å²) in [5.41, 5.74) is 3.02. The Morgan fingerprint density at radius 2 is 2.00 bits per heavy atom. The van der Waals surface area contributed by atoms with Crippen molar-refractivity contribution in [2.45, 2.75) is 38.0 Å². The summed E-state index contributed by atoms with van der Waals surface area (Å²) in [7, 11) is 1.92. The van der Waals surface area contributed by atoms with Gasteiger partial charge in [0.1, 0.15) is 5.78 Å².